The monoisotopic (exact) mass is 308 g/mol. The number of aromatic nitrogens is 1. The third kappa shape index (κ3) is 2.34. The van der Waals surface area contributed by atoms with Crippen LogP contribution in [0.5, 0.6) is 5.75 Å². The summed E-state index contributed by atoms with van der Waals surface area (Å²) in [6.45, 7) is 0. The van der Waals surface area contributed by atoms with Gasteiger partial charge < -0.3 is 14.5 Å². The van der Waals surface area contributed by atoms with Crippen LogP contribution in [0.2, 0.25) is 0 Å². The maximum Gasteiger partial charge on any atom is 0.255 e. The van der Waals surface area contributed by atoms with Crippen LogP contribution in [-0.2, 0) is 12.8 Å². The molecule has 0 saturated heterocycles. The Morgan fingerprint density at radius 3 is 3.04 bits per heavy atom. The second-order valence-corrected chi connectivity index (χ2v) is 5.62. The molecule has 0 saturated carbocycles. The molecular formula is C18H16N2O3. The molecule has 2 aromatic carbocycles. The van der Waals surface area contributed by atoms with Crippen molar-refractivity contribution in [3.8, 4) is 5.75 Å². The third-order valence-electron chi connectivity index (χ3n) is 4.30. The zero-order valence-electron chi connectivity index (χ0n) is 12.8. The molecule has 1 N–H and O–H groups in total. The summed E-state index contributed by atoms with van der Waals surface area (Å²) in [6, 6.07) is 9.22. The summed E-state index contributed by atoms with van der Waals surface area (Å²) in [6.07, 6.45) is 4.49. The first-order chi connectivity index (χ1) is 11.3. The quantitative estimate of drug-likeness (QED) is 0.803. The molecular weight excluding hydrogens is 292 g/mol. The summed E-state index contributed by atoms with van der Waals surface area (Å²) in [5.74, 6) is 0.515. The number of aryl methyl sites for hydroxylation is 1. The van der Waals surface area contributed by atoms with E-state index in [1.165, 1.54) is 17.5 Å². The predicted molar refractivity (Wildman–Crippen MR) is 87.0 cm³/mol. The molecule has 5 heteroatoms. The smallest absolute Gasteiger partial charge is 0.255 e. The van der Waals surface area contributed by atoms with Crippen LogP contribution < -0.4 is 10.1 Å². The SMILES string of the molecule is COc1ccc2c(c1NC(=O)c1ccc3ncoc3c1)CCC2. The van der Waals surface area contributed by atoms with Crippen molar-refractivity contribution in [2.45, 2.75) is 19.3 Å². The molecule has 23 heavy (non-hydrogen) atoms. The topological polar surface area (TPSA) is 64.4 Å². The van der Waals surface area contributed by atoms with Crippen LogP contribution in [0.15, 0.2) is 41.1 Å². The van der Waals surface area contributed by atoms with Crippen molar-refractivity contribution in [2.75, 3.05) is 12.4 Å². The molecule has 0 spiro atoms. The van der Waals surface area contributed by atoms with Crippen molar-refractivity contribution in [1.29, 1.82) is 0 Å². The lowest BCUT2D eigenvalue weighted by Crippen LogP contribution is -2.14. The predicted octanol–water partition coefficient (Wildman–Crippen LogP) is 3.58. The van der Waals surface area contributed by atoms with Gasteiger partial charge in [-0.1, -0.05) is 6.07 Å². The maximum absolute atomic E-state index is 12.6. The number of ether oxygens (including phenoxy) is 1. The number of rotatable bonds is 3. The van der Waals surface area contributed by atoms with E-state index in [1.807, 2.05) is 6.07 Å². The molecule has 0 radical (unpaired) electrons. The van der Waals surface area contributed by atoms with Gasteiger partial charge in [0, 0.05) is 5.56 Å². The Balaban J connectivity index is 1.70. The van der Waals surface area contributed by atoms with E-state index < -0.39 is 0 Å². The van der Waals surface area contributed by atoms with E-state index in [9.17, 15) is 4.79 Å². The van der Waals surface area contributed by atoms with Crippen LogP contribution in [-0.4, -0.2) is 18.0 Å². The molecule has 0 fully saturated rings. The van der Waals surface area contributed by atoms with Gasteiger partial charge in [-0.3, -0.25) is 4.79 Å². The minimum Gasteiger partial charge on any atom is -0.495 e. The first kappa shape index (κ1) is 13.8. The van der Waals surface area contributed by atoms with Crippen molar-refractivity contribution in [2.24, 2.45) is 0 Å². The second kappa shape index (κ2) is 5.43. The fraction of sp³-hybridized carbons (Fsp3) is 0.222. The van der Waals surface area contributed by atoms with Crippen molar-refractivity contribution in [3.63, 3.8) is 0 Å². The lowest BCUT2D eigenvalue weighted by Gasteiger charge is -2.14. The summed E-state index contributed by atoms with van der Waals surface area (Å²) >= 11 is 0. The first-order valence-electron chi connectivity index (χ1n) is 7.59. The highest BCUT2D eigenvalue weighted by molar-refractivity contribution is 6.07. The van der Waals surface area contributed by atoms with Crippen LogP contribution in [0, 0.1) is 0 Å². The van der Waals surface area contributed by atoms with E-state index in [4.69, 9.17) is 9.15 Å². The molecule has 1 heterocycles. The minimum atomic E-state index is -0.179. The van der Waals surface area contributed by atoms with Gasteiger partial charge in [0.25, 0.3) is 5.91 Å². The molecule has 5 nitrogen and oxygen atoms in total. The van der Waals surface area contributed by atoms with Gasteiger partial charge in [-0.15, -0.1) is 0 Å². The molecule has 0 atom stereocenters. The molecule has 0 aliphatic heterocycles. The Morgan fingerprint density at radius 2 is 2.17 bits per heavy atom. The van der Waals surface area contributed by atoms with E-state index in [2.05, 4.69) is 16.4 Å². The van der Waals surface area contributed by atoms with E-state index in [0.29, 0.717) is 16.9 Å². The minimum absolute atomic E-state index is 0.179. The van der Waals surface area contributed by atoms with Crippen LogP contribution in [0.4, 0.5) is 5.69 Å². The Morgan fingerprint density at radius 1 is 1.26 bits per heavy atom. The standard InChI is InChI=1S/C18H16N2O3/c1-22-15-8-6-11-3-2-4-13(11)17(15)20-18(21)12-5-7-14-16(9-12)23-10-19-14/h5-10H,2-4H2,1H3,(H,20,21). The van der Waals surface area contributed by atoms with Crippen molar-refractivity contribution >= 4 is 22.7 Å². The normalized spacial score (nSPS) is 13.1. The summed E-state index contributed by atoms with van der Waals surface area (Å²) in [5, 5.41) is 3.01. The number of nitrogens with zero attached hydrogens (tertiary/aromatic N) is 1. The van der Waals surface area contributed by atoms with E-state index in [1.54, 1.807) is 25.3 Å². The summed E-state index contributed by atoms with van der Waals surface area (Å²) in [4.78, 5) is 16.7. The molecule has 0 unspecified atom stereocenters. The number of hydrogen-bond donors (Lipinski definition) is 1. The van der Waals surface area contributed by atoms with Crippen LogP contribution >= 0.6 is 0 Å². The Hall–Kier alpha value is -2.82. The number of hydrogen-bond acceptors (Lipinski definition) is 4. The van der Waals surface area contributed by atoms with Gasteiger partial charge in [0.1, 0.15) is 11.3 Å². The summed E-state index contributed by atoms with van der Waals surface area (Å²) in [7, 11) is 1.62. The van der Waals surface area contributed by atoms with E-state index >= 15 is 0 Å². The van der Waals surface area contributed by atoms with Gasteiger partial charge in [-0.2, -0.15) is 0 Å². The van der Waals surface area contributed by atoms with Gasteiger partial charge in [0.2, 0.25) is 0 Å². The number of methoxy groups -OCH3 is 1. The van der Waals surface area contributed by atoms with Gasteiger partial charge in [-0.05, 0) is 54.7 Å². The van der Waals surface area contributed by atoms with Crippen molar-refractivity contribution < 1.29 is 13.9 Å². The number of benzene rings is 2. The third-order valence-corrected chi connectivity index (χ3v) is 4.30. The van der Waals surface area contributed by atoms with Gasteiger partial charge in [-0.25, -0.2) is 4.98 Å². The molecule has 1 aliphatic carbocycles. The number of oxazole rings is 1. The fourth-order valence-corrected chi connectivity index (χ4v) is 3.13. The fourth-order valence-electron chi connectivity index (χ4n) is 3.13. The number of carbonyl (C=O) groups excluding carboxylic acids is 1. The number of anilines is 1. The zero-order chi connectivity index (χ0) is 15.8. The van der Waals surface area contributed by atoms with Crippen LogP contribution in [0.1, 0.15) is 27.9 Å². The van der Waals surface area contributed by atoms with Gasteiger partial charge >= 0.3 is 0 Å². The number of carbonyl (C=O) groups is 1. The average Bonchev–Trinajstić information content (AvgIpc) is 3.23. The highest BCUT2D eigenvalue weighted by Gasteiger charge is 2.20. The highest BCUT2D eigenvalue weighted by Crippen LogP contribution is 2.36. The number of fused-ring (bicyclic) bond motifs is 2. The lowest BCUT2D eigenvalue weighted by atomic mass is 10.1. The summed E-state index contributed by atoms with van der Waals surface area (Å²) < 4.78 is 10.7. The molecule has 1 amide bonds. The number of nitrogens with one attached hydrogen (secondary N) is 1. The molecule has 1 aromatic heterocycles. The van der Waals surface area contributed by atoms with Crippen molar-refractivity contribution in [1.82, 2.24) is 4.98 Å². The molecule has 116 valence electrons. The Bertz CT molecular complexity index is 898. The van der Waals surface area contributed by atoms with E-state index in [-0.39, 0.29) is 5.91 Å². The Labute approximate surface area is 133 Å². The lowest BCUT2D eigenvalue weighted by molar-refractivity contribution is 0.102. The van der Waals surface area contributed by atoms with Gasteiger partial charge in [0.15, 0.2) is 12.0 Å². The largest absolute Gasteiger partial charge is 0.495 e. The molecule has 3 aromatic rings. The van der Waals surface area contributed by atoms with Gasteiger partial charge in [0.05, 0.1) is 12.8 Å². The second-order valence-electron chi connectivity index (χ2n) is 5.62. The van der Waals surface area contributed by atoms with Crippen LogP contribution in [0.3, 0.4) is 0 Å². The van der Waals surface area contributed by atoms with Crippen molar-refractivity contribution in [3.05, 3.63) is 53.4 Å². The zero-order valence-corrected chi connectivity index (χ0v) is 12.8. The molecule has 1 aliphatic rings. The average molecular weight is 308 g/mol. The Kier molecular flexibility index (Phi) is 3.26. The number of amides is 1. The van der Waals surface area contributed by atoms with Crippen LogP contribution in [0.25, 0.3) is 11.1 Å². The first-order valence-corrected chi connectivity index (χ1v) is 7.59. The molecule has 0 bridgehead atoms. The molecule has 4 rings (SSSR count). The summed E-state index contributed by atoms with van der Waals surface area (Å²) in [5.41, 5.74) is 5.12. The van der Waals surface area contributed by atoms with E-state index in [0.717, 1.165) is 30.5 Å². The maximum atomic E-state index is 12.6. The highest BCUT2D eigenvalue weighted by atomic mass is 16.5.